The molecule has 5 aromatic rings. The standard InChI is InChI=1S/C26H20N2.2Na.2H/c1-17-15-23(19-9-5-3-6-10-19)21-13-14-22-24(20-11-7-4-8-12-20)16-18(2)28-26(22)25(21)27-17;;;;/h3-16H,1-2H3;;;;. The van der Waals surface area contributed by atoms with Crippen LogP contribution < -0.4 is 0 Å². The molecule has 0 N–H and O–H groups in total. The number of hydrogen-bond donors (Lipinski definition) is 0. The molecule has 0 fully saturated rings. The van der Waals surface area contributed by atoms with Gasteiger partial charge in [-0.25, -0.2) is 0 Å². The Labute approximate surface area is 221 Å². The van der Waals surface area contributed by atoms with Gasteiger partial charge in [0.15, 0.2) is 0 Å². The van der Waals surface area contributed by atoms with E-state index in [9.17, 15) is 0 Å². The fourth-order valence-electron chi connectivity index (χ4n) is 3.94. The van der Waals surface area contributed by atoms with Gasteiger partial charge in [-0.05, 0) is 48.2 Å². The van der Waals surface area contributed by atoms with E-state index in [2.05, 4.69) is 86.6 Å². The average molecular weight is 408 g/mol. The van der Waals surface area contributed by atoms with Gasteiger partial charge >= 0.3 is 59.1 Å². The second kappa shape index (κ2) is 9.74. The van der Waals surface area contributed by atoms with Gasteiger partial charge in [-0.3, -0.25) is 9.97 Å². The summed E-state index contributed by atoms with van der Waals surface area (Å²) in [6, 6.07) is 29.7. The van der Waals surface area contributed by atoms with Crippen molar-refractivity contribution in [3.63, 3.8) is 0 Å². The molecule has 0 saturated carbocycles. The van der Waals surface area contributed by atoms with E-state index in [1.165, 1.54) is 22.3 Å². The van der Waals surface area contributed by atoms with Crippen LogP contribution in [-0.2, 0) is 0 Å². The molecule has 4 heteroatoms. The van der Waals surface area contributed by atoms with Crippen LogP contribution >= 0.6 is 0 Å². The Morgan fingerprint density at radius 3 is 1.23 bits per heavy atom. The van der Waals surface area contributed by atoms with Crippen molar-refractivity contribution in [3.05, 3.63) is 96.3 Å². The van der Waals surface area contributed by atoms with Gasteiger partial charge in [-0.1, -0.05) is 72.8 Å². The first-order valence-corrected chi connectivity index (χ1v) is 9.53. The molecule has 3 aromatic carbocycles. The Morgan fingerprint density at radius 2 is 0.867 bits per heavy atom. The minimum absolute atomic E-state index is 0. The molecule has 0 saturated heterocycles. The van der Waals surface area contributed by atoms with Crippen LogP contribution in [0.4, 0.5) is 0 Å². The van der Waals surface area contributed by atoms with Crippen molar-refractivity contribution in [1.29, 1.82) is 0 Å². The number of fused-ring (bicyclic) bond motifs is 3. The van der Waals surface area contributed by atoms with Crippen LogP contribution in [0.3, 0.4) is 0 Å². The maximum atomic E-state index is 4.90. The number of pyridine rings is 2. The molecule has 0 bridgehead atoms. The van der Waals surface area contributed by atoms with Crippen LogP contribution in [0.25, 0.3) is 44.1 Å². The quantitative estimate of drug-likeness (QED) is 0.287. The van der Waals surface area contributed by atoms with Crippen LogP contribution in [0.2, 0.25) is 0 Å². The van der Waals surface area contributed by atoms with E-state index in [1.54, 1.807) is 0 Å². The van der Waals surface area contributed by atoms with Crippen LogP contribution in [0.5, 0.6) is 0 Å². The molecule has 30 heavy (non-hydrogen) atoms. The van der Waals surface area contributed by atoms with Gasteiger partial charge in [0, 0.05) is 22.2 Å². The molecule has 0 amide bonds. The summed E-state index contributed by atoms with van der Waals surface area (Å²) in [5, 5.41) is 2.28. The molecule has 2 aromatic heterocycles. The zero-order chi connectivity index (χ0) is 19.1. The minimum atomic E-state index is 0. The van der Waals surface area contributed by atoms with E-state index < -0.39 is 0 Å². The van der Waals surface area contributed by atoms with Crippen LogP contribution in [0, 0.1) is 13.8 Å². The van der Waals surface area contributed by atoms with E-state index in [4.69, 9.17) is 9.97 Å². The second-order valence-electron chi connectivity index (χ2n) is 7.21. The number of rotatable bonds is 2. The average Bonchev–Trinajstić information content (AvgIpc) is 2.74. The first-order chi connectivity index (χ1) is 13.7. The topological polar surface area (TPSA) is 25.8 Å². The number of aryl methyl sites for hydroxylation is 2. The SMILES string of the molecule is Cc1cc(-c2ccccc2)c2ccc3c(-c4ccccc4)cc(C)nc3c2n1.[NaH].[NaH]. The summed E-state index contributed by atoms with van der Waals surface area (Å²) in [5.74, 6) is 0. The zero-order valence-electron chi connectivity index (χ0n) is 16.0. The summed E-state index contributed by atoms with van der Waals surface area (Å²) in [6.45, 7) is 4.11. The molecule has 0 aliphatic heterocycles. The Bertz CT molecular complexity index is 1210. The van der Waals surface area contributed by atoms with Crippen molar-refractivity contribution in [2.75, 3.05) is 0 Å². The predicted molar refractivity (Wildman–Crippen MR) is 132 cm³/mol. The second-order valence-corrected chi connectivity index (χ2v) is 7.21. The van der Waals surface area contributed by atoms with E-state index in [0.717, 1.165) is 33.2 Å². The third kappa shape index (κ3) is 4.27. The molecule has 0 radical (unpaired) electrons. The number of benzene rings is 3. The zero-order valence-corrected chi connectivity index (χ0v) is 16.0. The number of nitrogens with zero attached hydrogens (tertiary/aromatic N) is 2. The van der Waals surface area contributed by atoms with Gasteiger partial charge in [-0.15, -0.1) is 0 Å². The van der Waals surface area contributed by atoms with Gasteiger partial charge in [0.1, 0.15) is 0 Å². The first-order valence-electron chi connectivity index (χ1n) is 9.53. The van der Waals surface area contributed by atoms with Crippen LogP contribution in [-0.4, -0.2) is 69.1 Å². The summed E-state index contributed by atoms with van der Waals surface area (Å²) >= 11 is 0. The molecule has 2 heterocycles. The molecular formula is C26H22N2Na2. The summed E-state index contributed by atoms with van der Waals surface area (Å²) in [6.07, 6.45) is 0. The monoisotopic (exact) mass is 408 g/mol. The van der Waals surface area contributed by atoms with Gasteiger partial charge in [0.25, 0.3) is 0 Å². The Hall–Kier alpha value is -1.52. The van der Waals surface area contributed by atoms with Crippen LogP contribution in [0.15, 0.2) is 84.9 Å². The Kier molecular flexibility index (Phi) is 7.52. The molecule has 0 atom stereocenters. The number of aromatic nitrogens is 2. The molecule has 5 rings (SSSR count). The van der Waals surface area contributed by atoms with Gasteiger partial charge < -0.3 is 0 Å². The molecule has 138 valence electrons. The first kappa shape index (κ1) is 23.1. The molecular weight excluding hydrogens is 386 g/mol. The van der Waals surface area contributed by atoms with Crippen molar-refractivity contribution in [2.45, 2.75) is 13.8 Å². The molecule has 0 aliphatic carbocycles. The Morgan fingerprint density at radius 1 is 0.500 bits per heavy atom. The third-order valence-electron chi connectivity index (χ3n) is 5.18. The fourth-order valence-corrected chi connectivity index (χ4v) is 3.94. The van der Waals surface area contributed by atoms with E-state index in [-0.39, 0.29) is 59.1 Å². The molecule has 0 spiro atoms. The Balaban J connectivity index is 0.00000128. The van der Waals surface area contributed by atoms with Gasteiger partial charge in [-0.2, -0.15) is 0 Å². The fraction of sp³-hybridized carbons (Fsp3) is 0.0769. The molecule has 0 unspecified atom stereocenters. The van der Waals surface area contributed by atoms with Crippen molar-refractivity contribution >= 4 is 80.9 Å². The molecule has 0 aliphatic rings. The summed E-state index contributed by atoms with van der Waals surface area (Å²) in [5.41, 5.74) is 8.76. The maximum absolute atomic E-state index is 4.90. The van der Waals surface area contributed by atoms with E-state index >= 15 is 0 Å². The number of hydrogen-bond acceptors (Lipinski definition) is 2. The van der Waals surface area contributed by atoms with Gasteiger partial charge in [0.2, 0.25) is 0 Å². The van der Waals surface area contributed by atoms with Crippen LogP contribution in [0.1, 0.15) is 11.4 Å². The molecule has 2 nitrogen and oxygen atoms in total. The van der Waals surface area contributed by atoms with Crippen molar-refractivity contribution < 1.29 is 0 Å². The summed E-state index contributed by atoms with van der Waals surface area (Å²) in [7, 11) is 0. The summed E-state index contributed by atoms with van der Waals surface area (Å²) in [4.78, 5) is 9.81. The predicted octanol–water partition coefficient (Wildman–Crippen LogP) is 5.44. The van der Waals surface area contributed by atoms with Gasteiger partial charge in [0.05, 0.1) is 11.0 Å². The normalized spacial score (nSPS) is 10.5. The van der Waals surface area contributed by atoms with Crippen molar-refractivity contribution in [2.24, 2.45) is 0 Å². The summed E-state index contributed by atoms with van der Waals surface area (Å²) < 4.78 is 0. The van der Waals surface area contributed by atoms with Crippen molar-refractivity contribution in [1.82, 2.24) is 9.97 Å². The van der Waals surface area contributed by atoms with Crippen molar-refractivity contribution in [3.8, 4) is 22.3 Å². The third-order valence-corrected chi connectivity index (χ3v) is 5.18. The van der Waals surface area contributed by atoms with E-state index in [1.807, 2.05) is 12.1 Å². The van der Waals surface area contributed by atoms with E-state index in [0.29, 0.717) is 0 Å².